The summed E-state index contributed by atoms with van der Waals surface area (Å²) in [6, 6.07) is 2.12. The van der Waals surface area contributed by atoms with E-state index in [2.05, 4.69) is 0 Å². The number of halogens is 1. The number of carbonyl (C=O) groups is 1. The molecule has 1 aromatic carbocycles. The Morgan fingerprint density at radius 1 is 1.47 bits per heavy atom. The van der Waals surface area contributed by atoms with Gasteiger partial charge in [-0.05, 0) is 11.6 Å². The zero-order valence-electron chi connectivity index (χ0n) is 9.44. The van der Waals surface area contributed by atoms with Crippen molar-refractivity contribution >= 4 is 5.97 Å². The van der Waals surface area contributed by atoms with Gasteiger partial charge < -0.3 is 19.7 Å². The molecule has 94 valence electrons. The highest BCUT2D eigenvalue weighted by molar-refractivity contribution is 5.76. The van der Waals surface area contributed by atoms with Crippen LogP contribution in [-0.2, 0) is 16.1 Å². The van der Waals surface area contributed by atoms with E-state index < -0.39 is 17.9 Å². The minimum absolute atomic E-state index is 0.00301. The molecule has 0 radical (unpaired) electrons. The molecule has 1 rings (SSSR count). The van der Waals surface area contributed by atoms with E-state index >= 15 is 0 Å². The Morgan fingerprint density at radius 2 is 2.12 bits per heavy atom. The monoisotopic (exact) mass is 244 g/mol. The van der Waals surface area contributed by atoms with Gasteiger partial charge in [-0.1, -0.05) is 0 Å². The van der Waals surface area contributed by atoms with Gasteiger partial charge in [-0.2, -0.15) is 0 Å². The third-order valence-corrected chi connectivity index (χ3v) is 2.22. The summed E-state index contributed by atoms with van der Waals surface area (Å²) in [7, 11) is 2.65. The highest BCUT2D eigenvalue weighted by Crippen LogP contribution is 2.30. The zero-order valence-corrected chi connectivity index (χ0v) is 9.44. The van der Waals surface area contributed by atoms with Crippen LogP contribution < -0.4 is 4.74 Å². The number of benzene rings is 1. The topological polar surface area (TPSA) is 76.0 Å². The van der Waals surface area contributed by atoms with E-state index in [9.17, 15) is 14.3 Å². The van der Waals surface area contributed by atoms with E-state index in [0.717, 1.165) is 12.1 Å². The highest BCUT2D eigenvalue weighted by atomic mass is 19.1. The van der Waals surface area contributed by atoms with Gasteiger partial charge in [-0.15, -0.1) is 0 Å². The van der Waals surface area contributed by atoms with Crippen molar-refractivity contribution in [3.63, 3.8) is 0 Å². The van der Waals surface area contributed by atoms with Crippen LogP contribution >= 0.6 is 0 Å². The largest absolute Gasteiger partial charge is 0.496 e. The summed E-state index contributed by atoms with van der Waals surface area (Å²) >= 11 is 0. The zero-order chi connectivity index (χ0) is 13.0. The highest BCUT2D eigenvalue weighted by Gasteiger charge is 2.24. The van der Waals surface area contributed by atoms with Crippen molar-refractivity contribution in [3.8, 4) is 5.75 Å². The van der Waals surface area contributed by atoms with Crippen LogP contribution in [0.1, 0.15) is 17.2 Å². The Labute approximate surface area is 97.4 Å². The standard InChI is InChI=1S/C11H13FO5/c1-16-5-6-3-7(12)4-8(17-2)9(6)10(13)11(14)15/h3-4,10,13H,5H2,1-2H3,(H,14,15). The van der Waals surface area contributed by atoms with Crippen LogP contribution in [0.4, 0.5) is 4.39 Å². The van der Waals surface area contributed by atoms with Crippen LogP contribution in [0.2, 0.25) is 0 Å². The summed E-state index contributed by atoms with van der Waals surface area (Å²) in [4.78, 5) is 10.8. The molecule has 0 amide bonds. The third kappa shape index (κ3) is 2.92. The van der Waals surface area contributed by atoms with Gasteiger partial charge >= 0.3 is 5.97 Å². The number of rotatable bonds is 5. The van der Waals surface area contributed by atoms with Gasteiger partial charge in [0.25, 0.3) is 0 Å². The third-order valence-electron chi connectivity index (χ3n) is 2.22. The van der Waals surface area contributed by atoms with Crippen LogP contribution in [0.5, 0.6) is 5.75 Å². The molecule has 0 heterocycles. The fraction of sp³-hybridized carbons (Fsp3) is 0.364. The quantitative estimate of drug-likeness (QED) is 0.811. The van der Waals surface area contributed by atoms with Crippen LogP contribution in [0.25, 0.3) is 0 Å². The van der Waals surface area contributed by atoms with Gasteiger partial charge in [0.05, 0.1) is 13.7 Å². The first kappa shape index (κ1) is 13.4. The molecule has 0 saturated heterocycles. The van der Waals surface area contributed by atoms with E-state index in [-0.39, 0.29) is 23.5 Å². The van der Waals surface area contributed by atoms with Gasteiger partial charge in [0, 0.05) is 18.7 Å². The Balaban J connectivity index is 3.35. The first-order valence-electron chi connectivity index (χ1n) is 4.77. The molecule has 0 aromatic heterocycles. The lowest BCUT2D eigenvalue weighted by Gasteiger charge is -2.16. The first-order chi connectivity index (χ1) is 8.01. The van der Waals surface area contributed by atoms with Gasteiger partial charge in [-0.25, -0.2) is 9.18 Å². The van der Waals surface area contributed by atoms with Crippen molar-refractivity contribution in [2.75, 3.05) is 14.2 Å². The summed E-state index contributed by atoms with van der Waals surface area (Å²) < 4.78 is 22.9. The molecule has 0 spiro atoms. The summed E-state index contributed by atoms with van der Waals surface area (Å²) in [5, 5.41) is 18.3. The summed E-state index contributed by atoms with van der Waals surface area (Å²) in [5.41, 5.74) is 0.238. The van der Waals surface area contributed by atoms with Gasteiger partial charge in [-0.3, -0.25) is 0 Å². The second kappa shape index (κ2) is 5.60. The minimum atomic E-state index is -1.78. The van der Waals surface area contributed by atoms with Crippen LogP contribution in [-0.4, -0.2) is 30.4 Å². The molecule has 1 atom stereocenters. The average molecular weight is 244 g/mol. The molecular formula is C11H13FO5. The van der Waals surface area contributed by atoms with E-state index in [0.29, 0.717) is 0 Å². The number of carboxylic acid groups (broad SMARTS) is 1. The average Bonchev–Trinajstić information content (AvgIpc) is 2.27. The maximum absolute atomic E-state index is 13.2. The van der Waals surface area contributed by atoms with E-state index in [1.165, 1.54) is 14.2 Å². The molecule has 5 nitrogen and oxygen atoms in total. The summed E-state index contributed by atoms with van der Waals surface area (Å²) in [5.74, 6) is -2.05. The second-order valence-corrected chi connectivity index (χ2v) is 3.35. The smallest absolute Gasteiger partial charge is 0.337 e. The van der Waals surface area contributed by atoms with Crippen molar-refractivity contribution in [3.05, 3.63) is 29.1 Å². The molecule has 1 unspecified atom stereocenters. The lowest BCUT2D eigenvalue weighted by Crippen LogP contribution is -2.15. The number of aliphatic hydroxyl groups excluding tert-OH is 1. The molecule has 1 aromatic rings. The maximum Gasteiger partial charge on any atom is 0.337 e. The second-order valence-electron chi connectivity index (χ2n) is 3.35. The summed E-state index contributed by atoms with van der Waals surface area (Å²) in [6.45, 7) is -0.0200. The predicted octanol–water partition coefficient (Wildman–Crippen LogP) is 1.10. The normalized spacial score (nSPS) is 12.2. The Hall–Kier alpha value is -1.66. The molecule has 0 aliphatic rings. The van der Waals surface area contributed by atoms with Crippen molar-refractivity contribution in [1.82, 2.24) is 0 Å². The SMILES string of the molecule is COCc1cc(F)cc(OC)c1C(O)C(=O)O. The summed E-state index contributed by atoms with van der Waals surface area (Å²) in [6.07, 6.45) is -1.78. The fourth-order valence-corrected chi connectivity index (χ4v) is 1.52. The Bertz CT molecular complexity index is 419. The van der Waals surface area contributed by atoms with Crippen molar-refractivity contribution < 1.29 is 28.9 Å². The number of carboxylic acids is 1. The molecule has 6 heteroatoms. The number of aliphatic hydroxyl groups is 1. The van der Waals surface area contributed by atoms with Gasteiger partial charge in [0.15, 0.2) is 6.10 Å². The van der Waals surface area contributed by atoms with Crippen LogP contribution in [0, 0.1) is 5.82 Å². The Morgan fingerprint density at radius 3 is 2.59 bits per heavy atom. The lowest BCUT2D eigenvalue weighted by atomic mass is 10.0. The molecular weight excluding hydrogens is 231 g/mol. The van der Waals surface area contributed by atoms with Crippen LogP contribution in [0.3, 0.4) is 0 Å². The number of methoxy groups -OCH3 is 2. The Kier molecular flexibility index (Phi) is 4.42. The number of hydrogen-bond donors (Lipinski definition) is 2. The van der Waals surface area contributed by atoms with Gasteiger partial charge in [0.2, 0.25) is 0 Å². The van der Waals surface area contributed by atoms with Crippen molar-refractivity contribution in [2.45, 2.75) is 12.7 Å². The molecule has 0 fully saturated rings. The van der Waals surface area contributed by atoms with E-state index in [4.69, 9.17) is 14.6 Å². The van der Waals surface area contributed by atoms with Crippen molar-refractivity contribution in [1.29, 1.82) is 0 Å². The van der Waals surface area contributed by atoms with Crippen LogP contribution in [0.15, 0.2) is 12.1 Å². The first-order valence-corrected chi connectivity index (χ1v) is 4.77. The molecule has 0 aliphatic heterocycles. The molecule has 0 aliphatic carbocycles. The van der Waals surface area contributed by atoms with Crippen molar-refractivity contribution in [2.24, 2.45) is 0 Å². The lowest BCUT2D eigenvalue weighted by molar-refractivity contribution is -0.147. The molecule has 17 heavy (non-hydrogen) atoms. The number of aliphatic carboxylic acids is 1. The molecule has 0 saturated carbocycles. The van der Waals surface area contributed by atoms with E-state index in [1.807, 2.05) is 0 Å². The fourth-order valence-electron chi connectivity index (χ4n) is 1.52. The predicted molar refractivity (Wildman–Crippen MR) is 56.3 cm³/mol. The van der Waals surface area contributed by atoms with Gasteiger partial charge in [0.1, 0.15) is 11.6 Å². The number of ether oxygens (including phenoxy) is 2. The van der Waals surface area contributed by atoms with E-state index in [1.54, 1.807) is 0 Å². The molecule has 2 N–H and O–H groups in total. The molecule has 0 bridgehead atoms. The number of hydrogen-bond acceptors (Lipinski definition) is 4. The maximum atomic E-state index is 13.2. The minimum Gasteiger partial charge on any atom is -0.496 e.